The Kier molecular flexibility index (Phi) is 6.58. The lowest BCUT2D eigenvalue weighted by Gasteiger charge is -2.31. The van der Waals surface area contributed by atoms with Crippen LogP contribution < -0.4 is 5.73 Å². The molecule has 0 amide bonds. The molecule has 4 aromatic rings. The molecule has 1 aliphatic rings. The van der Waals surface area contributed by atoms with Gasteiger partial charge in [-0.3, -0.25) is 9.47 Å². The average Bonchev–Trinajstić information content (AvgIpc) is 3.56. The van der Waals surface area contributed by atoms with Gasteiger partial charge < -0.3 is 10.8 Å². The summed E-state index contributed by atoms with van der Waals surface area (Å²) in [6, 6.07) is 7.37. The van der Waals surface area contributed by atoms with Crippen LogP contribution in [0, 0.1) is 11.8 Å². The Morgan fingerprint density at radius 1 is 1.21 bits per heavy atom. The van der Waals surface area contributed by atoms with Crippen molar-refractivity contribution >= 4 is 11.3 Å². The minimum absolute atomic E-state index is 0.0163. The van der Waals surface area contributed by atoms with Gasteiger partial charge in [-0.15, -0.1) is 11.3 Å². The summed E-state index contributed by atoms with van der Waals surface area (Å²) in [5.41, 5.74) is 7.77. The highest BCUT2D eigenvalue weighted by atomic mass is 32.1. The van der Waals surface area contributed by atoms with Gasteiger partial charge >= 0.3 is 0 Å². The third-order valence-corrected chi connectivity index (χ3v) is 6.48. The second kappa shape index (κ2) is 10.1. The van der Waals surface area contributed by atoms with Crippen molar-refractivity contribution in [3.8, 4) is 34.2 Å². The fourth-order valence-corrected chi connectivity index (χ4v) is 4.75. The number of thiophene rings is 1. The summed E-state index contributed by atoms with van der Waals surface area (Å²) in [5.74, 6) is 7.12. The van der Waals surface area contributed by atoms with Crippen molar-refractivity contribution in [2.75, 3.05) is 19.6 Å². The number of aromatic hydroxyl groups is 1. The molecule has 0 aliphatic carbocycles. The zero-order valence-corrected chi connectivity index (χ0v) is 19.3. The normalized spacial score (nSPS) is 16.2. The van der Waals surface area contributed by atoms with Crippen molar-refractivity contribution in [2.24, 2.45) is 5.73 Å². The topological polar surface area (TPSA) is 119 Å². The number of nitrogens with zero attached hydrogens (tertiary/aromatic N) is 7. The molecule has 3 N–H and O–H groups in total. The molecule has 1 atom stereocenters. The molecule has 0 aromatic carbocycles. The first-order chi connectivity index (χ1) is 16.7. The fourth-order valence-electron chi connectivity index (χ4n) is 4.06. The first-order valence-corrected chi connectivity index (χ1v) is 12.0. The molecule has 172 valence electrons. The van der Waals surface area contributed by atoms with Gasteiger partial charge in [0.25, 0.3) is 0 Å². The SMILES string of the molecule is NCC#Cc1ccnc(-n2cnc(CN3CCCC(c4nc(O)cc(-c5cccs5)n4)C3)c2)n1. The number of hydrogen-bond donors (Lipinski definition) is 2. The molecule has 34 heavy (non-hydrogen) atoms. The Morgan fingerprint density at radius 2 is 2.15 bits per heavy atom. The molecule has 10 heteroatoms. The van der Waals surface area contributed by atoms with Crippen molar-refractivity contribution in [1.29, 1.82) is 0 Å². The highest BCUT2D eigenvalue weighted by molar-refractivity contribution is 7.13. The van der Waals surface area contributed by atoms with E-state index in [2.05, 4.69) is 36.7 Å². The van der Waals surface area contributed by atoms with Gasteiger partial charge in [0.05, 0.1) is 22.8 Å². The summed E-state index contributed by atoms with van der Waals surface area (Å²) in [4.78, 5) is 25.8. The van der Waals surface area contributed by atoms with Crippen LogP contribution in [0.2, 0.25) is 0 Å². The molecule has 0 spiro atoms. The Labute approximate surface area is 201 Å². The molecule has 0 saturated carbocycles. The summed E-state index contributed by atoms with van der Waals surface area (Å²) >= 11 is 1.60. The predicted octanol–water partition coefficient (Wildman–Crippen LogP) is 2.58. The lowest BCUT2D eigenvalue weighted by Crippen LogP contribution is -2.34. The second-order valence-electron chi connectivity index (χ2n) is 8.04. The molecule has 0 radical (unpaired) electrons. The highest BCUT2D eigenvalue weighted by Crippen LogP contribution is 2.30. The number of rotatable bonds is 5. The van der Waals surface area contributed by atoms with E-state index in [1.54, 1.807) is 40.6 Å². The van der Waals surface area contributed by atoms with E-state index in [0.29, 0.717) is 24.0 Å². The molecule has 5 heterocycles. The van der Waals surface area contributed by atoms with Crippen molar-refractivity contribution in [3.63, 3.8) is 0 Å². The van der Waals surface area contributed by atoms with Crippen LogP contribution in [-0.2, 0) is 6.54 Å². The Bertz CT molecular complexity index is 1320. The number of likely N-dealkylation sites (tertiary alicyclic amines) is 1. The van der Waals surface area contributed by atoms with Crippen molar-refractivity contribution in [1.82, 2.24) is 34.4 Å². The zero-order valence-electron chi connectivity index (χ0n) is 18.5. The van der Waals surface area contributed by atoms with Crippen LogP contribution in [0.1, 0.15) is 36.0 Å². The van der Waals surface area contributed by atoms with Crippen molar-refractivity contribution < 1.29 is 5.11 Å². The Balaban J connectivity index is 1.29. The van der Waals surface area contributed by atoms with Crippen LogP contribution in [0.3, 0.4) is 0 Å². The molecule has 1 saturated heterocycles. The van der Waals surface area contributed by atoms with Crippen LogP contribution in [0.15, 0.2) is 48.4 Å². The molecular formula is C24H24N8OS. The van der Waals surface area contributed by atoms with E-state index in [0.717, 1.165) is 42.2 Å². The van der Waals surface area contributed by atoms with E-state index in [1.807, 2.05) is 23.7 Å². The van der Waals surface area contributed by atoms with Crippen molar-refractivity contribution in [2.45, 2.75) is 25.3 Å². The second-order valence-corrected chi connectivity index (χ2v) is 8.99. The van der Waals surface area contributed by atoms with E-state index in [4.69, 9.17) is 10.7 Å². The van der Waals surface area contributed by atoms with E-state index >= 15 is 0 Å². The van der Waals surface area contributed by atoms with E-state index < -0.39 is 0 Å². The van der Waals surface area contributed by atoms with Gasteiger partial charge in [0.15, 0.2) is 0 Å². The minimum Gasteiger partial charge on any atom is -0.493 e. The van der Waals surface area contributed by atoms with Crippen LogP contribution >= 0.6 is 11.3 Å². The monoisotopic (exact) mass is 472 g/mol. The highest BCUT2D eigenvalue weighted by Gasteiger charge is 2.25. The van der Waals surface area contributed by atoms with Gasteiger partial charge in [-0.2, -0.15) is 4.98 Å². The molecular weight excluding hydrogens is 448 g/mol. The van der Waals surface area contributed by atoms with Gasteiger partial charge in [0.1, 0.15) is 17.8 Å². The number of nitrogens with two attached hydrogens (primary N) is 1. The number of piperidine rings is 1. The smallest absolute Gasteiger partial charge is 0.236 e. The van der Waals surface area contributed by atoms with E-state index in [9.17, 15) is 5.11 Å². The molecule has 5 rings (SSSR count). The quantitative estimate of drug-likeness (QED) is 0.426. The van der Waals surface area contributed by atoms with Gasteiger partial charge in [0, 0.05) is 37.5 Å². The summed E-state index contributed by atoms with van der Waals surface area (Å²) in [6.07, 6.45) is 7.36. The van der Waals surface area contributed by atoms with E-state index in [1.165, 1.54) is 0 Å². The summed E-state index contributed by atoms with van der Waals surface area (Å²) < 4.78 is 1.80. The Hall–Kier alpha value is -3.65. The minimum atomic E-state index is 0.0163. The van der Waals surface area contributed by atoms with E-state index in [-0.39, 0.29) is 18.3 Å². The third kappa shape index (κ3) is 5.12. The lowest BCUT2D eigenvalue weighted by atomic mass is 9.97. The Morgan fingerprint density at radius 3 is 3.00 bits per heavy atom. The maximum Gasteiger partial charge on any atom is 0.236 e. The first kappa shape index (κ1) is 22.2. The van der Waals surface area contributed by atoms with Crippen LogP contribution in [0.5, 0.6) is 5.88 Å². The maximum absolute atomic E-state index is 10.2. The predicted molar refractivity (Wildman–Crippen MR) is 129 cm³/mol. The first-order valence-electron chi connectivity index (χ1n) is 11.1. The van der Waals surface area contributed by atoms with Crippen LogP contribution in [0.4, 0.5) is 0 Å². The van der Waals surface area contributed by atoms with Gasteiger partial charge in [-0.05, 0) is 42.8 Å². The largest absolute Gasteiger partial charge is 0.493 e. The number of hydrogen-bond acceptors (Lipinski definition) is 9. The van der Waals surface area contributed by atoms with Crippen LogP contribution in [-0.4, -0.2) is 59.1 Å². The molecule has 9 nitrogen and oxygen atoms in total. The van der Waals surface area contributed by atoms with Gasteiger partial charge in [-0.25, -0.2) is 19.9 Å². The summed E-state index contributed by atoms with van der Waals surface area (Å²) in [7, 11) is 0. The van der Waals surface area contributed by atoms with Gasteiger partial charge in [-0.1, -0.05) is 12.0 Å². The van der Waals surface area contributed by atoms with Gasteiger partial charge in [0.2, 0.25) is 11.8 Å². The van der Waals surface area contributed by atoms with Crippen molar-refractivity contribution in [3.05, 3.63) is 65.6 Å². The third-order valence-electron chi connectivity index (χ3n) is 5.59. The number of aromatic nitrogens is 6. The summed E-state index contributed by atoms with van der Waals surface area (Å²) in [5, 5.41) is 12.2. The molecule has 1 unspecified atom stereocenters. The molecule has 4 aromatic heterocycles. The molecule has 1 fully saturated rings. The lowest BCUT2D eigenvalue weighted by molar-refractivity contribution is 0.194. The number of imidazole rings is 1. The summed E-state index contributed by atoms with van der Waals surface area (Å²) in [6.45, 7) is 2.77. The maximum atomic E-state index is 10.2. The molecule has 1 aliphatic heterocycles. The average molecular weight is 473 g/mol. The molecule has 0 bridgehead atoms. The zero-order chi connectivity index (χ0) is 23.3. The van der Waals surface area contributed by atoms with Crippen LogP contribution in [0.25, 0.3) is 16.5 Å². The standard InChI is InChI=1S/C24H24N8OS/c25-8-1-5-18-7-9-26-24(28-18)32-15-19(27-16-32)14-31-10-2-4-17(13-31)23-29-20(12-22(33)30-23)21-6-3-11-34-21/h3,6-7,9,11-12,15-17H,2,4,8,10,13-14,25H2,(H,29,30,33). The fraction of sp³-hybridized carbons (Fsp3) is 0.292.